The van der Waals surface area contributed by atoms with E-state index >= 15 is 0 Å². The summed E-state index contributed by atoms with van der Waals surface area (Å²) in [6, 6.07) is 0. The molecule has 22 heavy (non-hydrogen) atoms. The first-order chi connectivity index (χ1) is 10.6. The van der Waals surface area contributed by atoms with E-state index in [9.17, 15) is 4.79 Å². The predicted molar refractivity (Wildman–Crippen MR) is 84.7 cm³/mol. The average molecular weight is 310 g/mol. The molecule has 3 aliphatic heterocycles. The van der Waals surface area contributed by atoms with Gasteiger partial charge < -0.3 is 14.8 Å². The quantitative estimate of drug-likeness (QED) is 0.757. The van der Waals surface area contributed by atoms with Crippen molar-refractivity contribution in [3.63, 3.8) is 0 Å². The zero-order valence-electron chi connectivity index (χ0n) is 13.9. The molecule has 126 valence electrons. The van der Waals surface area contributed by atoms with Crippen molar-refractivity contribution in [2.45, 2.75) is 70.4 Å². The van der Waals surface area contributed by atoms with E-state index in [1.807, 2.05) is 0 Å². The van der Waals surface area contributed by atoms with Crippen molar-refractivity contribution in [2.75, 3.05) is 26.2 Å². The smallest absolute Gasteiger partial charge is 0.225 e. The van der Waals surface area contributed by atoms with Crippen molar-refractivity contribution in [3.8, 4) is 0 Å². The Balaban J connectivity index is 1.27. The predicted octanol–water partition coefficient (Wildman–Crippen LogP) is 1.56. The van der Waals surface area contributed by atoms with Gasteiger partial charge in [-0.2, -0.15) is 0 Å². The monoisotopic (exact) mass is 310 g/mol. The standard InChI is InChI=1S/C17H30N2O3/c1-12-10-19(11-13(2)21-12)8-4-3-7-18-17(20)15-9-14-5-6-16(15)22-14/h12-16H,3-11H2,1-2H3,(H,18,20)/t12-,13-,14-,15+,16-/m1/s1. The Kier molecular flexibility index (Phi) is 5.37. The second-order valence-electron chi connectivity index (χ2n) is 7.23. The van der Waals surface area contributed by atoms with E-state index in [4.69, 9.17) is 9.47 Å². The molecule has 1 amide bonds. The van der Waals surface area contributed by atoms with Crippen LogP contribution in [0.4, 0.5) is 0 Å². The van der Waals surface area contributed by atoms with E-state index < -0.39 is 0 Å². The Morgan fingerprint density at radius 3 is 2.55 bits per heavy atom. The first-order valence-corrected chi connectivity index (χ1v) is 8.93. The topological polar surface area (TPSA) is 50.8 Å². The van der Waals surface area contributed by atoms with Gasteiger partial charge in [0.2, 0.25) is 5.91 Å². The number of nitrogens with one attached hydrogen (secondary N) is 1. The number of morpholine rings is 1. The van der Waals surface area contributed by atoms with Crippen LogP contribution in [0, 0.1) is 5.92 Å². The highest BCUT2D eigenvalue weighted by molar-refractivity contribution is 5.79. The summed E-state index contributed by atoms with van der Waals surface area (Å²) in [5, 5.41) is 3.10. The van der Waals surface area contributed by atoms with Crippen LogP contribution in [0.25, 0.3) is 0 Å². The second-order valence-corrected chi connectivity index (χ2v) is 7.23. The van der Waals surface area contributed by atoms with Crippen molar-refractivity contribution in [1.29, 1.82) is 0 Å². The molecule has 2 bridgehead atoms. The maximum Gasteiger partial charge on any atom is 0.225 e. The Labute approximate surface area is 133 Å². The maximum atomic E-state index is 12.2. The van der Waals surface area contributed by atoms with Crippen LogP contribution in [-0.4, -0.2) is 61.4 Å². The molecule has 0 spiro atoms. The molecule has 0 unspecified atom stereocenters. The first kappa shape index (κ1) is 16.2. The number of amides is 1. The molecule has 0 radical (unpaired) electrons. The average Bonchev–Trinajstić information content (AvgIpc) is 3.08. The third-order valence-electron chi connectivity index (χ3n) is 5.14. The van der Waals surface area contributed by atoms with Gasteiger partial charge in [0.05, 0.1) is 30.3 Å². The molecule has 3 aliphatic rings. The highest BCUT2D eigenvalue weighted by Crippen LogP contribution is 2.38. The number of hydrogen-bond acceptors (Lipinski definition) is 4. The molecule has 3 heterocycles. The molecule has 0 aromatic carbocycles. The van der Waals surface area contributed by atoms with E-state index in [1.165, 1.54) is 0 Å². The molecular formula is C17H30N2O3. The van der Waals surface area contributed by atoms with Gasteiger partial charge in [-0.05, 0) is 52.5 Å². The molecule has 3 fully saturated rings. The van der Waals surface area contributed by atoms with Gasteiger partial charge in [0.1, 0.15) is 0 Å². The van der Waals surface area contributed by atoms with Crippen LogP contribution < -0.4 is 5.32 Å². The number of rotatable bonds is 6. The van der Waals surface area contributed by atoms with Gasteiger partial charge in [0.15, 0.2) is 0 Å². The van der Waals surface area contributed by atoms with E-state index in [0.717, 1.165) is 58.3 Å². The van der Waals surface area contributed by atoms with Gasteiger partial charge >= 0.3 is 0 Å². The van der Waals surface area contributed by atoms with E-state index in [2.05, 4.69) is 24.1 Å². The number of ether oxygens (including phenoxy) is 2. The highest BCUT2D eigenvalue weighted by Gasteiger charge is 2.44. The van der Waals surface area contributed by atoms with Crippen LogP contribution >= 0.6 is 0 Å². The maximum absolute atomic E-state index is 12.2. The molecule has 5 heteroatoms. The second kappa shape index (κ2) is 7.28. The van der Waals surface area contributed by atoms with Crippen LogP contribution in [0.5, 0.6) is 0 Å². The van der Waals surface area contributed by atoms with Crippen molar-refractivity contribution < 1.29 is 14.3 Å². The summed E-state index contributed by atoms with van der Waals surface area (Å²) in [5.74, 6) is 0.320. The Bertz CT molecular complexity index is 380. The van der Waals surface area contributed by atoms with Gasteiger partial charge in [-0.15, -0.1) is 0 Å². The third-order valence-corrected chi connectivity index (χ3v) is 5.14. The van der Waals surface area contributed by atoms with E-state index in [1.54, 1.807) is 0 Å². The molecule has 0 aromatic rings. The molecule has 3 rings (SSSR count). The number of hydrogen-bond donors (Lipinski definition) is 1. The molecule has 0 saturated carbocycles. The normalized spacial score (nSPS) is 38.4. The van der Waals surface area contributed by atoms with Crippen molar-refractivity contribution in [3.05, 3.63) is 0 Å². The summed E-state index contributed by atoms with van der Waals surface area (Å²) in [4.78, 5) is 14.6. The van der Waals surface area contributed by atoms with Crippen LogP contribution in [0.2, 0.25) is 0 Å². The van der Waals surface area contributed by atoms with Gasteiger partial charge in [-0.1, -0.05) is 0 Å². The minimum Gasteiger partial charge on any atom is -0.374 e. The lowest BCUT2D eigenvalue weighted by Crippen LogP contribution is -2.45. The van der Waals surface area contributed by atoms with E-state index in [-0.39, 0.29) is 17.9 Å². The molecular weight excluding hydrogens is 280 g/mol. The van der Waals surface area contributed by atoms with Crippen molar-refractivity contribution in [2.24, 2.45) is 5.92 Å². The van der Waals surface area contributed by atoms with Gasteiger partial charge in [0.25, 0.3) is 0 Å². The molecule has 5 atom stereocenters. The Morgan fingerprint density at radius 2 is 1.91 bits per heavy atom. The lowest BCUT2D eigenvalue weighted by atomic mass is 9.88. The number of carbonyl (C=O) groups excluding carboxylic acids is 1. The van der Waals surface area contributed by atoms with Gasteiger partial charge in [0, 0.05) is 19.6 Å². The number of nitrogens with zero attached hydrogens (tertiary/aromatic N) is 1. The van der Waals surface area contributed by atoms with Crippen LogP contribution in [0.3, 0.4) is 0 Å². The highest BCUT2D eigenvalue weighted by atomic mass is 16.5. The van der Waals surface area contributed by atoms with Crippen LogP contribution in [0.1, 0.15) is 46.0 Å². The zero-order valence-corrected chi connectivity index (χ0v) is 13.9. The summed E-state index contributed by atoms with van der Waals surface area (Å²) in [6.07, 6.45) is 6.54. The molecule has 3 saturated heterocycles. The number of carbonyl (C=O) groups is 1. The molecule has 0 aliphatic carbocycles. The summed E-state index contributed by atoms with van der Waals surface area (Å²) in [6.45, 7) is 8.23. The fraction of sp³-hybridized carbons (Fsp3) is 0.941. The lowest BCUT2D eigenvalue weighted by molar-refractivity contribution is -0.126. The fourth-order valence-electron chi connectivity index (χ4n) is 4.18. The number of fused-ring (bicyclic) bond motifs is 2. The van der Waals surface area contributed by atoms with Crippen molar-refractivity contribution in [1.82, 2.24) is 10.2 Å². The summed E-state index contributed by atoms with van der Waals surface area (Å²) < 4.78 is 11.5. The lowest BCUT2D eigenvalue weighted by Gasteiger charge is -2.35. The Morgan fingerprint density at radius 1 is 1.14 bits per heavy atom. The summed E-state index contributed by atoms with van der Waals surface area (Å²) in [5.41, 5.74) is 0. The van der Waals surface area contributed by atoms with Crippen molar-refractivity contribution >= 4 is 5.91 Å². The Hall–Kier alpha value is -0.650. The van der Waals surface area contributed by atoms with Gasteiger partial charge in [-0.25, -0.2) is 0 Å². The summed E-state index contributed by atoms with van der Waals surface area (Å²) >= 11 is 0. The third kappa shape index (κ3) is 4.00. The van der Waals surface area contributed by atoms with Crippen LogP contribution in [0.15, 0.2) is 0 Å². The minimum atomic E-state index is 0.111. The minimum absolute atomic E-state index is 0.111. The SMILES string of the molecule is C[C@@H]1CN(CCCCNC(=O)[C@H]2C[C@H]3CC[C@H]2O3)C[C@@H](C)O1. The largest absolute Gasteiger partial charge is 0.374 e. The summed E-state index contributed by atoms with van der Waals surface area (Å²) in [7, 11) is 0. The van der Waals surface area contributed by atoms with E-state index in [0.29, 0.717) is 18.3 Å². The molecule has 5 nitrogen and oxygen atoms in total. The molecule has 0 aromatic heterocycles. The zero-order chi connectivity index (χ0) is 15.5. The first-order valence-electron chi connectivity index (χ1n) is 8.93. The van der Waals surface area contributed by atoms with Gasteiger partial charge in [-0.3, -0.25) is 9.69 Å². The number of unbranched alkanes of at least 4 members (excludes halogenated alkanes) is 1. The fourth-order valence-corrected chi connectivity index (χ4v) is 4.18. The molecule has 1 N–H and O–H groups in total. The van der Waals surface area contributed by atoms with Crippen LogP contribution in [-0.2, 0) is 14.3 Å².